The number of benzene rings is 1. The molecule has 7 heteroatoms. The topological polar surface area (TPSA) is 83.9 Å². The van der Waals surface area contributed by atoms with Crippen molar-refractivity contribution in [1.29, 1.82) is 0 Å². The number of hydrogen-bond acceptors (Lipinski definition) is 4. The summed E-state index contributed by atoms with van der Waals surface area (Å²) in [6.45, 7) is 2.38. The maximum atomic E-state index is 12.2. The van der Waals surface area contributed by atoms with Crippen molar-refractivity contribution in [3.05, 3.63) is 29.8 Å². The summed E-state index contributed by atoms with van der Waals surface area (Å²) in [5, 5.41) is 8.57. The van der Waals surface area contributed by atoms with Crippen LogP contribution in [0.4, 0.5) is 0 Å². The third-order valence-corrected chi connectivity index (χ3v) is 5.04. The van der Waals surface area contributed by atoms with E-state index < -0.39 is 16.0 Å². The number of hydrogen-bond donors (Lipinski definition) is 1. The van der Waals surface area contributed by atoms with Crippen LogP contribution in [0.5, 0.6) is 5.75 Å². The lowest BCUT2D eigenvalue weighted by molar-refractivity contribution is -0.137. The second kappa shape index (κ2) is 7.99. The Balaban J connectivity index is 2.69. The molecule has 1 N–H and O–H groups in total. The first kappa shape index (κ1) is 17.5. The Morgan fingerprint density at radius 3 is 2.38 bits per heavy atom. The molecule has 118 valence electrons. The second-order valence-electron chi connectivity index (χ2n) is 4.59. The fourth-order valence-electron chi connectivity index (χ4n) is 1.88. The SMILES string of the molecule is CCN(Cc1ccc(OC)cc1)S(=O)(=O)CCCC(=O)O. The van der Waals surface area contributed by atoms with Gasteiger partial charge in [-0.1, -0.05) is 19.1 Å². The standard InChI is InChI=1S/C14H21NO5S/c1-3-15(21(18,19)10-4-5-14(16)17)11-12-6-8-13(20-2)9-7-12/h6-9H,3-5,10-11H2,1-2H3,(H,16,17). The van der Waals surface area contributed by atoms with Gasteiger partial charge >= 0.3 is 5.97 Å². The van der Waals surface area contributed by atoms with Gasteiger partial charge in [-0.05, 0) is 24.1 Å². The quantitative estimate of drug-likeness (QED) is 0.750. The number of carboxylic acids is 1. The van der Waals surface area contributed by atoms with Crippen LogP contribution in [0.3, 0.4) is 0 Å². The van der Waals surface area contributed by atoms with Crippen molar-refractivity contribution in [2.24, 2.45) is 0 Å². The van der Waals surface area contributed by atoms with E-state index in [4.69, 9.17) is 9.84 Å². The number of rotatable bonds is 9. The molecule has 0 heterocycles. The smallest absolute Gasteiger partial charge is 0.303 e. The maximum Gasteiger partial charge on any atom is 0.303 e. The number of aliphatic carboxylic acids is 1. The summed E-state index contributed by atoms with van der Waals surface area (Å²) in [6.07, 6.45) is -0.0178. The largest absolute Gasteiger partial charge is 0.497 e. The van der Waals surface area contributed by atoms with Gasteiger partial charge in [0, 0.05) is 19.5 Å². The zero-order valence-corrected chi connectivity index (χ0v) is 13.1. The molecule has 0 saturated heterocycles. The zero-order valence-electron chi connectivity index (χ0n) is 12.3. The van der Waals surface area contributed by atoms with Crippen LogP contribution in [0.1, 0.15) is 25.3 Å². The Morgan fingerprint density at radius 2 is 1.90 bits per heavy atom. The van der Waals surface area contributed by atoms with Gasteiger partial charge in [-0.3, -0.25) is 4.79 Å². The monoisotopic (exact) mass is 315 g/mol. The number of methoxy groups -OCH3 is 1. The normalized spacial score (nSPS) is 11.6. The van der Waals surface area contributed by atoms with Crippen LogP contribution in [-0.4, -0.2) is 43.2 Å². The molecule has 6 nitrogen and oxygen atoms in total. The van der Waals surface area contributed by atoms with E-state index in [2.05, 4.69) is 0 Å². The van der Waals surface area contributed by atoms with E-state index >= 15 is 0 Å². The van der Waals surface area contributed by atoms with Gasteiger partial charge in [0.2, 0.25) is 10.0 Å². The van der Waals surface area contributed by atoms with Crippen molar-refractivity contribution in [1.82, 2.24) is 4.31 Å². The first-order chi connectivity index (χ1) is 9.89. The van der Waals surface area contributed by atoms with Crippen molar-refractivity contribution in [2.45, 2.75) is 26.3 Å². The molecule has 0 amide bonds. The van der Waals surface area contributed by atoms with Crippen molar-refractivity contribution in [3.8, 4) is 5.75 Å². The van der Waals surface area contributed by atoms with E-state index in [1.807, 2.05) is 12.1 Å². The van der Waals surface area contributed by atoms with Gasteiger partial charge in [0.25, 0.3) is 0 Å². The molecule has 0 atom stereocenters. The van der Waals surface area contributed by atoms with Gasteiger partial charge in [-0.15, -0.1) is 0 Å². The Labute approximate surface area is 125 Å². The predicted molar refractivity (Wildman–Crippen MR) is 79.7 cm³/mol. The van der Waals surface area contributed by atoms with E-state index in [0.717, 1.165) is 5.56 Å². The maximum absolute atomic E-state index is 12.2. The number of ether oxygens (including phenoxy) is 1. The molecule has 0 radical (unpaired) electrons. The summed E-state index contributed by atoms with van der Waals surface area (Å²) in [4.78, 5) is 10.5. The molecule has 0 aliphatic heterocycles. The van der Waals surface area contributed by atoms with E-state index in [1.165, 1.54) is 4.31 Å². The third-order valence-electron chi connectivity index (χ3n) is 3.06. The molecule has 1 rings (SSSR count). The molecule has 1 aromatic rings. The highest BCUT2D eigenvalue weighted by molar-refractivity contribution is 7.89. The highest BCUT2D eigenvalue weighted by Gasteiger charge is 2.20. The first-order valence-corrected chi connectivity index (χ1v) is 8.32. The van der Waals surface area contributed by atoms with Gasteiger partial charge in [0.15, 0.2) is 0 Å². The Morgan fingerprint density at radius 1 is 1.29 bits per heavy atom. The second-order valence-corrected chi connectivity index (χ2v) is 6.68. The van der Waals surface area contributed by atoms with Crippen LogP contribution in [0.15, 0.2) is 24.3 Å². The lowest BCUT2D eigenvalue weighted by atomic mass is 10.2. The summed E-state index contributed by atoms with van der Waals surface area (Å²) in [6, 6.07) is 7.18. The van der Waals surface area contributed by atoms with Gasteiger partial charge in [0.05, 0.1) is 12.9 Å². The van der Waals surface area contributed by atoms with Gasteiger partial charge < -0.3 is 9.84 Å². The summed E-state index contributed by atoms with van der Waals surface area (Å²) >= 11 is 0. The number of sulfonamides is 1. The molecule has 0 aliphatic carbocycles. The molecule has 0 bridgehead atoms. The summed E-state index contributed by atoms with van der Waals surface area (Å²) in [5.41, 5.74) is 0.861. The molecule has 0 unspecified atom stereocenters. The molecular weight excluding hydrogens is 294 g/mol. The fraction of sp³-hybridized carbons (Fsp3) is 0.500. The average Bonchev–Trinajstić information content (AvgIpc) is 2.44. The number of carbonyl (C=O) groups is 1. The Kier molecular flexibility index (Phi) is 6.64. The molecule has 0 fully saturated rings. The van der Waals surface area contributed by atoms with Crippen molar-refractivity contribution < 1.29 is 23.1 Å². The van der Waals surface area contributed by atoms with Crippen LogP contribution >= 0.6 is 0 Å². The average molecular weight is 315 g/mol. The first-order valence-electron chi connectivity index (χ1n) is 6.71. The van der Waals surface area contributed by atoms with Gasteiger partial charge in [-0.25, -0.2) is 8.42 Å². The minimum absolute atomic E-state index is 0.122. The Hall–Kier alpha value is -1.60. The van der Waals surface area contributed by atoms with E-state index in [-0.39, 0.29) is 25.1 Å². The van der Waals surface area contributed by atoms with Crippen LogP contribution in [0, 0.1) is 0 Å². The number of nitrogens with zero attached hydrogens (tertiary/aromatic N) is 1. The highest BCUT2D eigenvalue weighted by atomic mass is 32.2. The van der Waals surface area contributed by atoms with E-state index in [0.29, 0.717) is 12.3 Å². The summed E-state index contributed by atoms with van der Waals surface area (Å²) in [5.74, 6) is -0.418. The minimum atomic E-state index is -3.44. The van der Waals surface area contributed by atoms with Crippen LogP contribution in [-0.2, 0) is 21.4 Å². The third kappa shape index (κ3) is 5.73. The molecule has 1 aromatic carbocycles. The molecule has 0 saturated carbocycles. The lowest BCUT2D eigenvalue weighted by Gasteiger charge is -2.20. The summed E-state index contributed by atoms with van der Waals surface area (Å²) in [7, 11) is -1.87. The predicted octanol–water partition coefficient (Wildman–Crippen LogP) is 1.71. The highest BCUT2D eigenvalue weighted by Crippen LogP contribution is 2.15. The van der Waals surface area contributed by atoms with Crippen LogP contribution < -0.4 is 4.74 Å². The van der Waals surface area contributed by atoms with Crippen molar-refractivity contribution >= 4 is 16.0 Å². The van der Waals surface area contributed by atoms with Crippen molar-refractivity contribution in [2.75, 3.05) is 19.4 Å². The fourth-order valence-corrected chi connectivity index (χ4v) is 3.38. The molecule has 0 aliphatic rings. The number of carboxylic acid groups (broad SMARTS) is 1. The summed E-state index contributed by atoms with van der Waals surface area (Å²) < 4.78 is 30.8. The molecular formula is C14H21NO5S. The zero-order chi connectivity index (χ0) is 15.9. The molecule has 0 aromatic heterocycles. The van der Waals surface area contributed by atoms with E-state index in [9.17, 15) is 13.2 Å². The van der Waals surface area contributed by atoms with Crippen LogP contribution in [0.2, 0.25) is 0 Å². The minimum Gasteiger partial charge on any atom is -0.497 e. The van der Waals surface area contributed by atoms with Crippen LogP contribution in [0.25, 0.3) is 0 Å². The molecule has 21 heavy (non-hydrogen) atoms. The van der Waals surface area contributed by atoms with Gasteiger partial charge in [-0.2, -0.15) is 4.31 Å². The van der Waals surface area contributed by atoms with Crippen molar-refractivity contribution in [3.63, 3.8) is 0 Å². The molecule has 0 spiro atoms. The van der Waals surface area contributed by atoms with E-state index in [1.54, 1.807) is 26.2 Å². The Bertz CT molecular complexity index is 553. The van der Waals surface area contributed by atoms with Gasteiger partial charge in [0.1, 0.15) is 5.75 Å². The lowest BCUT2D eigenvalue weighted by Crippen LogP contribution is -2.32.